The van der Waals surface area contributed by atoms with Gasteiger partial charge in [-0.2, -0.15) is 11.8 Å². The fourth-order valence-corrected chi connectivity index (χ4v) is 5.21. The maximum Gasteiger partial charge on any atom is 0.341 e. The van der Waals surface area contributed by atoms with Gasteiger partial charge in [0.2, 0.25) is 5.43 Å². The molecule has 1 aromatic carbocycles. The zero-order chi connectivity index (χ0) is 24.7. The number of aromatic carboxylic acids is 1. The lowest BCUT2D eigenvalue weighted by Gasteiger charge is -2.33. The van der Waals surface area contributed by atoms with Crippen LogP contribution in [0, 0.1) is 11.6 Å². The van der Waals surface area contributed by atoms with Crippen LogP contribution in [-0.4, -0.2) is 63.5 Å². The van der Waals surface area contributed by atoms with Gasteiger partial charge < -0.3 is 25.4 Å². The molecule has 3 atom stereocenters. The van der Waals surface area contributed by atoms with Crippen molar-refractivity contribution in [1.82, 2.24) is 9.88 Å². The number of carboxylic acids is 2. The van der Waals surface area contributed by atoms with Crippen LogP contribution in [0.5, 0.6) is 0 Å². The van der Waals surface area contributed by atoms with E-state index >= 15 is 8.78 Å². The minimum absolute atomic E-state index is 0.123. The molecule has 5 N–H and O–H groups in total. The first-order valence-electron chi connectivity index (χ1n) is 11.0. The van der Waals surface area contributed by atoms with Crippen molar-refractivity contribution in [3.05, 3.63) is 39.7 Å². The maximum atomic E-state index is 15.9. The van der Waals surface area contributed by atoms with E-state index in [9.17, 15) is 24.6 Å². The normalized spacial score (nSPS) is 20.0. The standard InChI is InChI=1S/C22H26F2N4O5S/c1-34-9-14(17(25)22(32)33)26-15-3-2-6-27(15)19-13(23)7-11-18(16(19)24)28(10-4-5-10)8-12(20(11)29)21(30)31/h7-8,10,14-15,17,26H,2-6,9,25H2,1H3,(H,30,31)(H,32,33)/t14?,15?,17-/m0/s1. The summed E-state index contributed by atoms with van der Waals surface area (Å²) < 4.78 is 32.7. The molecule has 1 aromatic heterocycles. The molecule has 2 fully saturated rings. The average Bonchev–Trinajstić information content (AvgIpc) is 3.53. The van der Waals surface area contributed by atoms with E-state index in [-0.39, 0.29) is 22.6 Å². The van der Waals surface area contributed by atoms with Gasteiger partial charge in [-0.25, -0.2) is 13.6 Å². The van der Waals surface area contributed by atoms with Crippen molar-refractivity contribution >= 4 is 40.3 Å². The van der Waals surface area contributed by atoms with E-state index in [1.807, 2.05) is 0 Å². The molecule has 2 aromatic rings. The van der Waals surface area contributed by atoms with Gasteiger partial charge in [0.15, 0.2) is 5.82 Å². The van der Waals surface area contributed by atoms with Gasteiger partial charge in [0, 0.05) is 30.6 Å². The second-order valence-electron chi connectivity index (χ2n) is 8.68. The van der Waals surface area contributed by atoms with E-state index in [0.29, 0.717) is 38.0 Å². The zero-order valence-corrected chi connectivity index (χ0v) is 19.3. The molecule has 12 heteroatoms. The first-order chi connectivity index (χ1) is 16.1. The van der Waals surface area contributed by atoms with E-state index in [1.54, 1.807) is 6.26 Å². The summed E-state index contributed by atoms with van der Waals surface area (Å²) in [6.45, 7) is 0.312. The molecule has 1 aliphatic carbocycles. The van der Waals surface area contributed by atoms with E-state index < -0.39 is 52.8 Å². The van der Waals surface area contributed by atoms with Crippen molar-refractivity contribution in [3.63, 3.8) is 0 Å². The van der Waals surface area contributed by atoms with Crippen molar-refractivity contribution in [1.29, 1.82) is 0 Å². The predicted octanol–water partition coefficient (Wildman–Crippen LogP) is 1.97. The molecule has 9 nitrogen and oxygen atoms in total. The van der Waals surface area contributed by atoms with Crippen molar-refractivity contribution in [2.24, 2.45) is 5.73 Å². The van der Waals surface area contributed by atoms with Crippen molar-refractivity contribution in [2.45, 2.75) is 50.0 Å². The van der Waals surface area contributed by atoms with Crippen LogP contribution in [0.2, 0.25) is 0 Å². The number of nitrogens with one attached hydrogen (secondary N) is 1. The Morgan fingerprint density at radius 2 is 2.00 bits per heavy atom. The highest BCUT2D eigenvalue weighted by molar-refractivity contribution is 7.98. The number of aromatic nitrogens is 1. The number of benzene rings is 1. The molecule has 0 amide bonds. The van der Waals surface area contributed by atoms with Crippen LogP contribution in [0.4, 0.5) is 14.5 Å². The summed E-state index contributed by atoms with van der Waals surface area (Å²) >= 11 is 1.40. The number of aliphatic carboxylic acids is 1. The third kappa shape index (κ3) is 4.37. The van der Waals surface area contributed by atoms with Gasteiger partial charge in [0.25, 0.3) is 0 Å². The molecule has 34 heavy (non-hydrogen) atoms. The SMILES string of the molecule is CSCC(NC1CCCN1c1c(F)cc2c(=O)c(C(=O)O)cn(C3CC3)c2c1F)[C@H](N)C(=O)O. The van der Waals surface area contributed by atoms with Crippen LogP contribution < -0.4 is 21.4 Å². The third-order valence-corrected chi connectivity index (χ3v) is 7.06. The number of carboxylic acid groups (broad SMARTS) is 2. The van der Waals surface area contributed by atoms with Crippen molar-refractivity contribution in [2.75, 3.05) is 23.5 Å². The summed E-state index contributed by atoms with van der Waals surface area (Å²) in [4.78, 5) is 37.2. The van der Waals surface area contributed by atoms with Crippen LogP contribution in [0.15, 0.2) is 17.1 Å². The molecule has 1 aliphatic heterocycles. The molecule has 1 saturated carbocycles. The van der Waals surface area contributed by atoms with E-state index in [0.717, 1.165) is 12.3 Å². The minimum atomic E-state index is -1.45. The van der Waals surface area contributed by atoms with Crippen molar-refractivity contribution in [3.8, 4) is 0 Å². The Labute approximate surface area is 197 Å². The molecule has 2 aliphatic rings. The maximum absolute atomic E-state index is 15.9. The smallest absolute Gasteiger partial charge is 0.341 e. The fraction of sp³-hybridized carbons (Fsp3) is 0.500. The highest BCUT2D eigenvalue weighted by Crippen LogP contribution is 2.40. The van der Waals surface area contributed by atoms with Gasteiger partial charge in [-0.1, -0.05) is 0 Å². The molecule has 2 heterocycles. The molecule has 1 saturated heterocycles. The average molecular weight is 497 g/mol. The molecule has 4 rings (SSSR count). The molecule has 2 unspecified atom stereocenters. The molecule has 0 radical (unpaired) electrons. The Bertz CT molecular complexity index is 1200. The lowest BCUT2D eigenvalue weighted by atomic mass is 10.1. The molecule has 0 bridgehead atoms. The number of rotatable bonds is 9. The first kappa shape index (κ1) is 24.4. The van der Waals surface area contributed by atoms with Crippen LogP contribution in [0.1, 0.15) is 42.1 Å². The third-order valence-electron chi connectivity index (χ3n) is 6.37. The summed E-state index contributed by atoms with van der Waals surface area (Å²) in [7, 11) is 0. The monoisotopic (exact) mass is 496 g/mol. The number of thioether (sulfide) groups is 1. The Morgan fingerprint density at radius 3 is 2.59 bits per heavy atom. The number of halogens is 2. The fourth-order valence-electron chi connectivity index (χ4n) is 4.55. The number of pyridine rings is 1. The Morgan fingerprint density at radius 1 is 1.29 bits per heavy atom. The highest BCUT2D eigenvalue weighted by Gasteiger charge is 2.36. The molecular formula is C22H26F2N4O5S. The number of carbonyl (C=O) groups is 2. The number of nitrogens with zero attached hydrogens (tertiary/aromatic N) is 2. The molecular weight excluding hydrogens is 470 g/mol. The van der Waals surface area contributed by atoms with Crippen molar-refractivity contribution < 1.29 is 28.6 Å². The number of hydrogen-bond donors (Lipinski definition) is 4. The first-order valence-corrected chi connectivity index (χ1v) is 12.3. The number of anilines is 1. The summed E-state index contributed by atoms with van der Waals surface area (Å²) in [5, 5.41) is 21.6. The van der Waals surface area contributed by atoms with Gasteiger partial charge in [0.1, 0.15) is 23.1 Å². The van der Waals surface area contributed by atoms with Crippen LogP contribution in [0.25, 0.3) is 10.9 Å². The minimum Gasteiger partial charge on any atom is -0.480 e. The van der Waals surface area contributed by atoms with Crippen LogP contribution in [-0.2, 0) is 4.79 Å². The van der Waals surface area contributed by atoms with Gasteiger partial charge in [-0.3, -0.25) is 14.9 Å². The highest BCUT2D eigenvalue weighted by atomic mass is 32.2. The van der Waals surface area contributed by atoms with Crippen LogP contribution >= 0.6 is 11.8 Å². The Kier molecular flexibility index (Phi) is 6.83. The summed E-state index contributed by atoms with van der Waals surface area (Å²) in [5.74, 6) is -4.16. The number of fused-ring (bicyclic) bond motifs is 1. The second-order valence-corrected chi connectivity index (χ2v) is 9.59. The second kappa shape index (κ2) is 9.51. The van der Waals surface area contributed by atoms with E-state index in [2.05, 4.69) is 5.32 Å². The molecule has 184 valence electrons. The van der Waals surface area contributed by atoms with Gasteiger partial charge in [-0.15, -0.1) is 0 Å². The summed E-state index contributed by atoms with van der Waals surface area (Å²) in [6, 6.07) is -1.09. The Balaban J connectivity index is 1.80. The lowest BCUT2D eigenvalue weighted by Crippen LogP contribution is -2.57. The van der Waals surface area contributed by atoms with Gasteiger partial charge in [-0.05, 0) is 38.0 Å². The topological polar surface area (TPSA) is 138 Å². The van der Waals surface area contributed by atoms with Gasteiger partial charge >= 0.3 is 11.9 Å². The summed E-state index contributed by atoms with van der Waals surface area (Å²) in [6.07, 6.45) is 4.89. The number of hydrogen-bond acceptors (Lipinski definition) is 7. The largest absolute Gasteiger partial charge is 0.480 e. The van der Waals surface area contributed by atoms with Crippen LogP contribution in [0.3, 0.4) is 0 Å². The Hall–Kier alpha value is -2.70. The predicted molar refractivity (Wildman–Crippen MR) is 125 cm³/mol. The quantitative estimate of drug-likeness (QED) is 0.410. The lowest BCUT2D eigenvalue weighted by molar-refractivity contribution is -0.139. The van der Waals surface area contributed by atoms with Gasteiger partial charge in [0.05, 0.1) is 17.1 Å². The summed E-state index contributed by atoms with van der Waals surface area (Å²) in [5.41, 5.74) is 3.91. The molecule has 0 spiro atoms. The zero-order valence-electron chi connectivity index (χ0n) is 18.5. The number of nitrogens with two attached hydrogens (primary N) is 1. The van der Waals surface area contributed by atoms with E-state index in [1.165, 1.54) is 21.2 Å². The van der Waals surface area contributed by atoms with E-state index in [4.69, 9.17) is 5.73 Å².